The lowest BCUT2D eigenvalue weighted by Crippen LogP contribution is -2.45. The van der Waals surface area contributed by atoms with Gasteiger partial charge in [0.2, 0.25) is 5.91 Å². The summed E-state index contributed by atoms with van der Waals surface area (Å²) < 4.78 is 0. The lowest BCUT2D eigenvalue weighted by Gasteiger charge is -2.31. The zero-order valence-corrected chi connectivity index (χ0v) is 11.8. The SMILES string of the molecule is CCC1CN(C)CCCN1C(=O)CC(N)C1CC1. The normalized spacial score (nSPS) is 27.9. The Labute approximate surface area is 110 Å². The van der Waals surface area contributed by atoms with Crippen molar-refractivity contribution >= 4 is 5.91 Å². The highest BCUT2D eigenvalue weighted by atomic mass is 16.2. The highest BCUT2D eigenvalue weighted by Crippen LogP contribution is 2.33. The number of likely N-dealkylation sites (N-methyl/N-ethyl adjacent to an activating group) is 1. The maximum Gasteiger partial charge on any atom is 0.224 e. The maximum atomic E-state index is 12.4. The van der Waals surface area contributed by atoms with Crippen molar-refractivity contribution in [2.24, 2.45) is 11.7 Å². The van der Waals surface area contributed by atoms with E-state index in [1.54, 1.807) is 0 Å². The molecule has 1 saturated heterocycles. The standard InChI is InChI=1S/C14H27N3O/c1-3-12-10-16(2)7-4-8-17(12)14(18)9-13(15)11-5-6-11/h11-13H,3-10,15H2,1-2H3. The van der Waals surface area contributed by atoms with E-state index in [0.29, 0.717) is 18.4 Å². The van der Waals surface area contributed by atoms with E-state index in [4.69, 9.17) is 5.73 Å². The Morgan fingerprint density at radius 3 is 2.72 bits per heavy atom. The van der Waals surface area contributed by atoms with Crippen LogP contribution in [0.1, 0.15) is 39.0 Å². The van der Waals surface area contributed by atoms with E-state index >= 15 is 0 Å². The number of hydrogen-bond acceptors (Lipinski definition) is 3. The molecule has 1 amide bonds. The predicted octanol–water partition coefficient (Wildman–Crippen LogP) is 1.06. The highest BCUT2D eigenvalue weighted by molar-refractivity contribution is 5.77. The summed E-state index contributed by atoms with van der Waals surface area (Å²) in [6, 6.07) is 0.465. The molecule has 0 bridgehead atoms. The molecule has 4 heteroatoms. The van der Waals surface area contributed by atoms with Crippen molar-refractivity contribution in [2.45, 2.75) is 51.1 Å². The van der Waals surface area contributed by atoms with Crippen LogP contribution in [0.3, 0.4) is 0 Å². The Bertz CT molecular complexity index is 291. The van der Waals surface area contributed by atoms with Gasteiger partial charge in [-0.25, -0.2) is 0 Å². The average Bonchev–Trinajstić information content (AvgIpc) is 3.14. The Morgan fingerprint density at radius 2 is 2.11 bits per heavy atom. The Kier molecular flexibility index (Phi) is 4.62. The molecule has 0 aromatic heterocycles. The van der Waals surface area contributed by atoms with E-state index in [0.717, 1.165) is 32.5 Å². The summed E-state index contributed by atoms with van der Waals surface area (Å²) in [5, 5.41) is 0. The number of carbonyl (C=O) groups is 1. The summed E-state index contributed by atoms with van der Waals surface area (Å²) in [7, 11) is 2.15. The molecule has 2 fully saturated rings. The maximum absolute atomic E-state index is 12.4. The predicted molar refractivity (Wildman–Crippen MR) is 73.2 cm³/mol. The van der Waals surface area contributed by atoms with Gasteiger partial charge in [-0.2, -0.15) is 0 Å². The molecule has 2 unspecified atom stereocenters. The van der Waals surface area contributed by atoms with E-state index in [1.165, 1.54) is 12.8 Å². The van der Waals surface area contributed by atoms with Gasteiger partial charge in [0.15, 0.2) is 0 Å². The minimum atomic E-state index is 0.0935. The summed E-state index contributed by atoms with van der Waals surface area (Å²) >= 11 is 0. The van der Waals surface area contributed by atoms with Gasteiger partial charge in [0.1, 0.15) is 0 Å². The molecular weight excluding hydrogens is 226 g/mol. The fraction of sp³-hybridized carbons (Fsp3) is 0.929. The van der Waals surface area contributed by atoms with Crippen LogP contribution in [0.25, 0.3) is 0 Å². The second-order valence-corrected chi connectivity index (χ2v) is 5.97. The Morgan fingerprint density at radius 1 is 1.39 bits per heavy atom. The summed E-state index contributed by atoms with van der Waals surface area (Å²) in [5.41, 5.74) is 6.08. The minimum Gasteiger partial charge on any atom is -0.338 e. The van der Waals surface area contributed by atoms with Gasteiger partial charge in [-0.05, 0) is 45.2 Å². The highest BCUT2D eigenvalue weighted by Gasteiger charge is 2.33. The molecule has 1 aliphatic heterocycles. The van der Waals surface area contributed by atoms with Crippen LogP contribution in [0.2, 0.25) is 0 Å². The zero-order chi connectivity index (χ0) is 13.1. The molecule has 0 radical (unpaired) electrons. The lowest BCUT2D eigenvalue weighted by molar-refractivity contribution is -0.133. The van der Waals surface area contributed by atoms with E-state index in [2.05, 4.69) is 23.8 Å². The molecule has 1 aliphatic carbocycles. The van der Waals surface area contributed by atoms with Crippen molar-refractivity contribution < 1.29 is 4.79 Å². The van der Waals surface area contributed by atoms with Gasteiger partial charge >= 0.3 is 0 Å². The monoisotopic (exact) mass is 253 g/mol. The molecule has 2 rings (SSSR count). The number of nitrogens with zero attached hydrogens (tertiary/aromatic N) is 2. The van der Waals surface area contributed by atoms with Crippen LogP contribution in [0.5, 0.6) is 0 Å². The molecule has 1 saturated carbocycles. The van der Waals surface area contributed by atoms with Crippen molar-refractivity contribution in [3.63, 3.8) is 0 Å². The molecule has 1 heterocycles. The number of nitrogens with two attached hydrogens (primary N) is 1. The molecule has 0 aromatic carbocycles. The van der Waals surface area contributed by atoms with Gasteiger partial charge in [-0.1, -0.05) is 6.92 Å². The summed E-state index contributed by atoms with van der Waals surface area (Å²) in [6.45, 7) is 5.17. The molecule has 2 aliphatic rings. The topological polar surface area (TPSA) is 49.6 Å². The third-order valence-electron chi connectivity index (χ3n) is 4.33. The van der Waals surface area contributed by atoms with Crippen LogP contribution >= 0.6 is 0 Å². The quantitative estimate of drug-likeness (QED) is 0.815. The van der Waals surface area contributed by atoms with Crippen LogP contribution in [0.15, 0.2) is 0 Å². The smallest absolute Gasteiger partial charge is 0.224 e. The van der Waals surface area contributed by atoms with Gasteiger partial charge in [0, 0.05) is 31.6 Å². The van der Waals surface area contributed by atoms with Crippen molar-refractivity contribution in [3.05, 3.63) is 0 Å². The summed E-state index contributed by atoms with van der Waals surface area (Å²) in [4.78, 5) is 16.8. The van der Waals surface area contributed by atoms with Crippen molar-refractivity contribution in [2.75, 3.05) is 26.7 Å². The first-order valence-corrected chi connectivity index (χ1v) is 7.35. The molecule has 4 nitrogen and oxygen atoms in total. The second kappa shape index (κ2) is 6.02. The van der Waals surface area contributed by atoms with Crippen LogP contribution < -0.4 is 5.73 Å². The second-order valence-electron chi connectivity index (χ2n) is 5.97. The van der Waals surface area contributed by atoms with Crippen molar-refractivity contribution in [1.29, 1.82) is 0 Å². The molecule has 0 aromatic rings. The third-order valence-corrected chi connectivity index (χ3v) is 4.33. The van der Waals surface area contributed by atoms with E-state index in [9.17, 15) is 4.79 Å². The molecule has 104 valence electrons. The third kappa shape index (κ3) is 3.45. The zero-order valence-electron chi connectivity index (χ0n) is 11.8. The Hall–Kier alpha value is -0.610. The number of hydrogen-bond donors (Lipinski definition) is 1. The van der Waals surface area contributed by atoms with Crippen molar-refractivity contribution in [3.8, 4) is 0 Å². The van der Waals surface area contributed by atoms with E-state index < -0.39 is 0 Å². The van der Waals surface area contributed by atoms with Gasteiger partial charge < -0.3 is 15.5 Å². The van der Waals surface area contributed by atoms with Crippen molar-refractivity contribution in [1.82, 2.24) is 9.80 Å². The van der Waals surface area contributed by atoms with Crippen LogP contribution in [0, 0.1) is 5.92 Å². The first-order valence-electron chi connectivity index (χ1n) is 7.35. The number of amides is 1. The van der Waals surface area contributed by atoms with Crippen LogP contribution in [0.4, 0.5) is 0 Å². The molecule has 18 heavy (non-hydrogen) atoms. The average molecular weight is 253 g/mol. The summed E-state index contributed by atoms with van der Waals surface area (Å²) in [6.07, 6.45) is 5.10. The van der Waals surface area contributed by atoms with Gasteiger partial charge in [0.05, 0.1) is 0 Å². The minimum absolute atomic E-state index is 0.0935. The molecule has 0 spiro atoms. The van der Waals surface area contributed by atoms with Gasteiger partial charge in [-0.15, -0.1) is 0 Å². The van der Waals surface area contributed by atoms with E-state index in [-0.39, 0.29) is 11.9 Å². The van der Waals surface area contributed by atoms with Crippen LogP contribution in [-0.2, 0) is 4.79 Å². The molecule has 2 N–H and O–H groups in total. The van der Waals surface area contributed by atoms with Crippen LogP contribution in [-0.4, -0.2) is 54.5 Å². The Balaban J connectivity index is 1.92. The first kappa shape index (κ1) is 13.8. The van der Waals surface area contributed by atoms with Gasteiger partial charge in [-0.3, -0.25) is 4.79 Å². The summed E-state index contributed by atoms with van der Waals surface area (Å²) in [5.74, 6) is 0.889. The van der Waals surface area contributed by atoms with E-state index in [1.807, 2.05) is 0 Å². The number of carbonyl (C=O) groups excluding carboxylic acids is 1. The lowest BCUT2D eigenvalue weighted by atomic mass is 10.1. The van der Waals surface area contributed by atoms with Gasteiger partial charge in [0.25, 0.3) is 0 Å². The number of rotatable bonds is 4. The fourth-order valence-corrected chi connectivity index (χ4v) is 2.93. The molecular formula is C14H27N3O. The first-order chi connectivity index (χ1) is 8.61. The molecule has 2 atom stereocenters. The largest absolute Gasteiger partial charge is 0.338 e. The fourth-order valence-electron chi connectivity index (χ4n) is 2.93.